The van der Waals surface area contributed by atoms with Gasteiger partial charge in [-0.1, -0.05) is 5.92 Å². The Bertz CT molecular complexity index is 579. The van der Waals surface area contributed by atoms with E-state index in [1.165, 1.54) is 13.0 Å². The molecule has 1 unspecified atom stereocenters. The molecule has 0 fully saturated rings. The Kier molecular flexibility index (Phi) is 6.11. The molecule has 1 aromatic rings. The molecule has 0 aliphatic heterocycles. The number of nitrogens with two attached hydrogens (primary N) is 1. The summed E-state index contributed by atoms with van der Waals surface area (Å²) in [6.45, 7) is 3.36. The first-order chi connectivity index (χ1) is 9.42. The summed E-state index contributed by atoms with van der Waals surface area (Å²) in [5.74, 6) is 2.77. The van der Waals surface area contributed by atoms with E-state index in [9.17, 15) is 13.6 Å². The minimum absolute atomic E-state index is 0.0232. The van der Waals surface area contributed by atoms with Crippen LogP contribution in [0.15, 0.2) is 10.5 Å². The molecule has 0 amide bonds. The summed E-state index contributed by atoms with van der Waals surface area (Å²) in [5.41, 5.74) is 5.36. The predicted octanol–water partition coefficient (Wildman–Crippen LogP) is 3.05. The second kappa shape index (κ2) is 7.36. The van der Waals surface area contributed by atoms with Crippen LogP contribution < -0.4 is 5.73 Å². The number of esters is 1. The average molecular weight is 346 g/mol. The van der Waals surface area contributed by atoms with Crippen LogP contribution in [-0.4, -0.2) is 12.6 Å². The normalized spacial score (nSPS) is 11.5. The molecule has 0 aromatic heterocycles. The number of rotatable bonds is 4. The number of hydrogen-bond acceptors (Lipinski definition) is 3. The molecule has 1 aromatic carbocycles. The Balaban J connectivity index is 3.21. The first-order valence-corrected chi connectivity index (χ1v) is 6.73. The van der Waals surface area contributed by atoms with E-state index in [1.54, 1.807) is 6.92 Å². The minimum Gasteiger partial charge on any atom is -0.466 e. The molecule has 0 radical (unpaired) electrons. The summed E-state index contributed by atoms with van der Waals surface area (Å²) in [4.78, 5) is 11.4. The third-order valence-electron chi connectivity index (χ3n) is 2.51. The maximum absolute atomic E-state index is 14.2. The Morgan fingerprint density at radius 3 is 2.70 bits per heavy atom. The van der Waals surface area contributed by atoms with Crippen molar-refractivity contribution < 1.29 is 18.3 Å². The van der Waals surface area contributed by atoms with Crippen molar-refractivity contribution in [1.29, 1.82) is 0 Å². The second-order valence-electron chi connectivity index (χ2n) is 3.94. The van der Waals surface area contributed by atoms with Crippen molar-refractivity contribution in [3.63, 3.8) is 0 Å². The fraction of sp³-hybridized carbons (Fsp3) is 0.357. The number of carbonyl (C=O) groups excluding carboxylic acids is 1. The highest BCUT2D eigenvalue weighted by Gasteiger charge is 2.24. The maximum atomic E-state index is 14.2. The summed E-state index contributed by atoms with van der Waals surface area (Å²) in [7, 11) is 0. The van der Waals surface area contributed by atoms with Gasteiger partial charge in [-0.15, -0.1) is 5.92 Å². The molecule has 0 bridgehead atoms. The molecule has 1 atom stereocenters. The van der Waals surface area contributed by atoms with Crippen LogP contribution in [0.4, 0.5) is 8.78 Å². The number of carbonyl (C=O) groups is 1. The molecule has 0 saturated heterocycles. The lowest BCUT2D eigenvalue weighted by Gasteiger charge is -2.15. The molecule has 0 aliphatic rings. The van der Waals surface area contributed by atoms with E-state index >= 15 is 0 Å². The van der Waals surface area contributed by atoms with Crippen LogP contribution in [0.5, 0.6) is 0 Å². The van der Waals surface area contributed by atoms with Crippen LogP contribution in [0, 0.1) is 23.5 Å². The van der Waals surface area contributed by atoms with E-state index < -0.39 is 23.6 Å². The lowest BCUT2D eigenvalue weighted by molar-refractivity contribution is -0.143. The summed E-state index contributed by atoms with van der Waals surface area (Å²) >= 11 is 2.99. The Hall–Kier alpha value is -1.45. The van der Waals surface area contributed by atoms with Crippen molar-refractivity contribution in [3.8, 4) is 11.8 Å². The van der Waals surface area contributed by atoms with Crippen molar-refractivity contribution in [2.45, 2.75) is 26.3 Å². The third kappa shape index (κ3) is 3.78. The van der Waals surface area contributed by atoms with Gasteiger partial charge >= 0.3 is 5.97 Å². The fourth-order valence-corrected chi connectivity index (χ4v) is 2.12. The van der Waals surface area contributed by atoms with Gasteiger partial charge < -0.3 is 10.5 Å². The van der Waals surface area contributed by atoms with Crippen molar-refractivity contribution in [2.75, 3.05) is 6.61 Å². The largest absolute Gasteiger partial charge is 0.466 e. The molecule has 0 saturated carbocycles. The monoisotopic (exact) mass is 345 g/mol. The molecule has 108 valence electrons. The van der Waals surface area contributed by atoms with Gasteiger partial charge in [-0.25, -0.2) is 8.78 Å². The smallest absolute Gasteiger partial charge is 0.307 e. The zero-order chi connectivity index (χ0) is 15.3. The summed E-state index contributed by atoms with van der Waals surface area (Å²) < 4.78 is 33.0. The molecule has 6 heteroatoms. The lowest BCUT2D eigenvalue weighted by Crippen LogP contribution is -2.20. The van der Waals surface area contributed by atoms with E-state index in [4.69, 9.17) is 10.5 Å². The van der Waals surface area contributed by atoms with E-state index in [0.717, 1.165) is 0 Å². The average Bonchev–Trinajstić information content (AvgIpc) is 2.36. The van der Waals surface area contributed by atoms with Gasteiger partial charge in [-0.3, -0.25) is 4.79 Å². The van der Waals surface area contributed by atoms with E-state index in [-0.39, 0.29) is 28.6 Å². The van der Waals surface area contributed by atoms with Gasteiger partial charge in [0.15, 0.2) is 0 Å². The zero-order valence-electron chi connectivity index (χ0n) is 11.1. The van der Waals surface area contributed by atoms with Crippen molar-refractivity contribution >= 4 is 21.9 Å². The predicted molar refractivity (Wildman–Crippen MR) is 74.8 cm³/mol. The van der Waals surface area contributed by atoms with Gasteiger partial charge in [0.2, 0.25) is 0 Å². The highest BCUT2D eigenvalue weighted by atomic mass is 79.9. The summed E-state index contributed by atoms with van der Waals surface area (Å²) in [5, 5.41) is 0. The zero-order valence-corrected chi connectivity index (χ0v) is 12.7. The first-order valence-electron chi connectivity index (χ1n) is 5.93. The van der Waals surface area contributed by atoms with E-state index in [2.05, 4.69) is 27.8 Å². The van der Waals surface area contributed by atoms with Crippen LogP contribution in [-0.2, 0) is 9.53 Å². The molecular weight excluding hydrogens is 332 g/mol. The number of benzene rings is 1. The second-order valence-corrected chi connectivity index (χ2v) is 4.79. The number of ether oxygens (including phenoxy) is 1. The quantitative estimate of drug-likeness (QED) is 0.518. The van der Waals surface area contributed by atoms with Crippen LogP contribution in [0.1, 0.15) is 37.4 Å². The fourth-order valence-electron chi connectivity index (χ4n) is 1.68. The summed E-state index contributed by atoms with van der Waals surface area (Å²) in [6.07, 6.45) is -0.308. The van der Waals surface area contributed by atoms with Crippen LogP contribution >= 0.6 is 15.9 Å². The number of halogens is 3. The molecule has 2 N–H and O–H groups in total. The van der Waals surface area contributed by atoms with Crippen LogP contribution in [0.25, 0.3) is 0 Å². The lowest BCUT2D eigenvalue weighted by atomic mass is 10.0. The molecule has 3 nitrogen and oxygen atoms in total. The van der Waals surface area contributed by atoms with Crippen molar-refractivity contribution in [2.24, 2.45) is 5.73 Å². The molecular formula is C14H14BrF2NO2. The SMILES string of the molecule is CC#Cc1cc(Br)c(F)c(C(N)CC(=O)OCC)c1F. The summed E-state index contributed by atoms with van der Waals surface area (Å²) in [6, 6.07) is 0.103. The minimum atomic E-state index is -1.14. The van der Waals surface area contributed by atoms with Gasteiger partial charge in [0.25, 0.3) is 0 Å². The van der Waals surface area contributed by atoms with Crippen molar-refractivity contribution in [1.82, 2.24) is 0 Å². The van der Waals surface area contributed by atoms with Gasteiger partial charge in [-0.05, 0) is 35.8 Å². The molecule has 1 rings (SSSR count). The molecule has 20 heavy (non-hydrogen) atoms. The van der Waals surface area contributed by atoms with Gasteiger partial charge in [0, 0.05) is 11.6 Å². The Morgan fingerprint density at radius 1 is 1.50 bits per heavy atom. The standard InChI is InChI=1S/C14H14BrF2NO2/c1-3-5-8-6-9(15)14(17)12(13(8)16)10(18)7-11(19)20-4-2/h6,10H,4,7,18H2,1-2H3. The topological polar surface area (TPSA) is 52.3 Å². The number of hydrogen-bond donors (Lipinski definition) is 1. The maximum Gasteiger partial charge on any atom is 0.307 e. The van der Waals surface area contributed by atoms with Crippen LogP contribution in [0.2, 0.25) is 0 Å². The van der Waals surface area contributed by atoms with Gasteiger partial charge in [0.05, 0.1) is 23.1 Å². The van der Waals surface area contributed by atoms with Crippen LogP contribution in [0.3, 0.4) is 0 Å². The Morgan fingerprint density at radius 2 is 2.15 bits per heavy atom. The van der Waals surface area contributed by atoms with Gasteiger partial charge in [-0.2, -0.15) is 0 Å². The van der Waals surface area contributed by atoms with E-state index in [1.807, 2.05) is 0 Å². The van der Waals surface area contributed by atoms with E-state index in [0.29, 0.717) is 0 Å². The molecule has 0 heterocycles. The highest BCUT2D eigenvalue weighted by molar-refractivity contribution is 9.10. The van der Waals surface area contributed by atoms with Gasteiger partial charge in [0.1, 0.15) is 11.6 Å². The Labute approximate surface area is 124 Å². The molecule has 0 aliphatic carbocycles. The molecule has 0 spiro atoms. The highest BCUT2D eigenvalue weighted by Crippen LogP contribution is 2.29. The first kappa shape index (κ1) is 16.6. The third-order valence-corrected chi connectivity index (χ3v) is 3.09. The van der Waals surface area contributed by atoms with Crippen molar-refractivity contribution in [3.05, 3.63) is 33.3 Å².